The summed E-state index contributed by atoms with van der Waals surface area (Å²) in [7, 11) is 0. The molecule has 2 saturated carbocycles. The van der Waals surface area contributed by atoms with Crippen molar-refractivity contribution >= 4 is 12.6 Å². The van der Waals surface area contributed by atoms with Crippen LogP contribution in [0.25, 0.3) is 0 Å². The molecule has 3 aliphatic rings. The molecule has 3 fully saturated rings. The van der Waals surface area contributed by atoms with E-state index in [4.69, 9.17) is 0 Å². The van der Waals surface area contributed by atoms with Gasteiger partial charge < -0.3 is 10.2 Å². The third-order valence-corrected chi connectivity index (χ3v) is 6.69. The summed E-state index contributed by atoms with van der Waals surface area (Å²) in [6, 6.07) is 10.7. The lowest BCUT2D eigenvalue weighted by Gasteiger charge is -2.24. The van der Waals surface area contributed by atoms with E-state index in [9.17, 15) is 4.79 Å². The molecule has 4 heteroatoms. The Kier molecular flexibility index (Phi) is 4.68. The number of carbonyl (C=O) groups is 1. The molecule has 2 unspecified atom stereocenters. The summed E-state index contributed by atoms with van der Waals surface area (Å²) >= 11 is 0. The highest BCUT2D eigenvalue weighted by Gasteiger charge is 2.57. The number of benzene rings is 1. The first kappa shape index (κ1) is 19.0. The van der Waals surface area contributed by atoms with Crippen LogP contribution in [0.3, 0.4) is 0 Å². The van der Waals surface area contributed by atoms with E-state index in [0.717, 1.165) is 48.5 Å². The minimum atomic E-state index is 0.103. The van der Waals surface area contributed by atoms with E-state index in [0.29, 0.717) is 17.8 Å². The summed E-state index contributed by atoms with van der Waals surface area (Å²) in [5.41, 5.74) is 4.26. The van der Waals surface area contributed by atoms with Gasteiger partial charge in [-0.15, -0.1) is 0 Å². The lowest BCUT2D eigenvalue weighted by atomic mass is 10.00. The van der Waals surface area contributed by atoms with Crippen molar-refractivity contribution in [1.82, 2.24) is 10.2 Å². The first-order chi connectivity index (χ1) is 13.3. The number of piperidine rings is 1. The number of nitrogens with zero attached hydrogens (tertiary/aromatic N) is 2. The van der Waals surface area contributed by atoms with Crippen molar-refractivity contribution < 1.29 is 4.79 Å². The van der Waals surface area contributed by atoms with Crippen LogP contribution < -0.4 is 5.32 Å². The third-order valence-electron chi connectivity index (χ3n) is 6.69. The molecule has 4 nitrogen and oxygen atoms in total. The van der Waals surface area contributed by atoms with Crippen molar-refractivity contribution in [1.29, 1.82) is 0 Å². The number of carbonyl (C=O) groups excluding carboxylic acids is 1. The van der Waals surface area contributed by atoms with E-state index in [1.807, 2.05) is 25.7 Å². The van der Waals surface area contributed by atoms with Gasteiger partial charge in [-0.3, -0.25) is 4.79 Å². The lowest BCUT2D eigenvalue weighted by Crippen LogP contribution is -2.34. The van der Waals surface area contributed by atoms with Gasteiger partial charge in [0.2, 0.25) is 0 Å². The fraction of sp³-hybridized carbons (Fsp3) is 0.500. The molecule has 1 saturated heterocycles. The van der Waals surface area contributed by atoms with Gasteiger partial charge in [0, 0.05) is 29.8 Å². The summed E-state index contributed by atoms with van der Waals surface area (Å²) in [6.07, 6.45) is 2.27. The summed E-state index contributed by atoms with van der Waals surface area (Å²) in [5, 5.41) is 3.49. The Labute approximate surface area is 168 Å². The van der Waals surface area contributed by atoms with Gasteiger partial charge in [-0.25, -0.2) is 4.99 Å². The van der Waals surface area contributed by atoms with Crippen LogP contribution >= 0.6 is 0 Å². The van der Waals surface area contributed by atoms with Gasteiger partial charge in [-0.1, -0.05) is 35.9 Å². The Balaban J connectivity index is 1.49. The molecule has 4 rings (SSSR count). The molecule has 1 aromatic carbocycles. The topological polar surface area (TPSA) is 44.7 Å². The molecule has 2 aliphatic carbocycles. The maximum absolute atomic E-state index is 13.4. The molecule has 0 bridgehead atoms. The Bertz CT molecular complexity index is 847. The van der Waals surface area contributed by atoms with Crippen molar-refractivity contribution in [3.63, 3.8) is 0 Å². The molecule has 1 aromatic rings. The van der Waals surface area contributed by atoms with Crippen LogP contribution in [0.5, 0.6) is 0 Å². The minimum Gasteiger partial charge on any atom is -0.365 e. The monoisotopic (exact) mass is 377 g/mol. The molecule has 1 aliphatic heterocycles. The van der Waals surface area contributed by atoms with Crippen molar-refractivity contribution in [3.8, 4) is 0 Å². The molecule has 1 heterocycles. The normalized spacial score (nSPS) is 27.4. The quantitative estimate of drug-likeness (QED) is 0.457. The van der Waals surface area contributed by atoms with E-state index < -0.39 is 0 Å². The molecular formula is C24H31N3O. The number of amides is 1. The van der Waals surface area contributed by atoms with Crippen LogP contribution in [0.2, 0.25) is 0 Å². The molecule has 1 amide bonds. The van der Waals surface area contributed by atoms with E-state index in [-0.39, 0.29) is 11.4 Å². The molecular weight excluding hydrogens is 346 g/mol. The fourth-order valence-corrected chi connectivity index (χ4v) is 4.74. The van der Waals surface area contributed by atoms with Gasteiger partial charge in [0.15, 0.2) is 0 Å². The first-order valence-electron chi connectivity index (χ1n) is 10.3. The second kappa shape index (κ2) is 6.91. The van der Waals surface area contributed by atoms with Crippen molar-refractivity contribution in [3.05, 3.63) is 58.4 Å². The Morgan fingerprint density at radius 2 is 1.75 bits per heavy atom. The highest BCUT2D eigenvalue weighted by atomic mass is 16.2. The lowest BCUT2D eigenvalue weighted by molar-refractivity contribution is -0.126. The largest absolute Gasteiger partial charge is 0.365 e. The second-order valence-corrected chi connectivity index (χ2v) is 9.17. The van der Waals surface area contributed by atoms with Gasteiger partial charge in [0.05, 0.1) is 0 Å². The van der Waals surface area contributed by atoms with Gasteiger partial charge in [-0.2, -0.15) is 0 Å². The highest BCUT2D eigenvalue weighted by Crippen LogP contribution is 2.58. The Morgan fingerprint density at radius 3 is 2.25 bits per heavy atom. The molecule has 0 radical (unpaired) electrons. The number of nitrogens with one attached hydrogen (secondary N) is 1. The zero-order valence-corrected chi connectivity index (χ0v) is 17.5. The van der Waals surface area contributed by atoms with Gasteiger partial charge in [0.25, 0.3) is 5.91 Å². The van der Waals surface area contributed by atoms with Crippen LogP contribution in [0.15, 0.2) is 57.9 Å². The summed E-state index contributed by atoms with van der Waals surface area (Å²) in [4.78, 5) is 19.6. The Hall–Kier alpha value is -2.36. The van der Waals surface area contributed by atoms with Crippen molar-refractivity contribution in [2.24, 2.45) is 16.8 Å². The number of fused-ring (bicyclic) bond motifs is 1. The van der Waals surface area contributed by atoms with E-state index in [1.165, 1.54) is 5.56 Å². The van der Waals surface area contributed by atoms with Gasteiger partial charge in [0.1, 0.15) is 5.82 Å². The predicted molar refractivity (Wildman–Crippen MR) is 114 cm³/mol. The zero-order valence-electron chi connectivity index (χ0n) is 17.5. The van der Waals surface area contributed by atoms with E-state index in [1.54, 1.807) is 0 Å². The molecule has 0 aromatic heterocycles. The minimum absolute atomic E-state index is 0.103. The average Bonchev–Trinajstić information content (AvgIpc) is 3.53. The molecule has 1 N–H and O–H groups in total. The maximum atomic E-state index is 13.4. The molecule has 0 spiro atoms. The third kappa shape index (κ3) is 3.41. The predicted octanol–water partition coefficient (Wildman–Crippen LogP) is 4.27. The number of likely N-dealkylation sites (tertiary alicyclic amines) is 1. The number of rotatable bonds is 6. The highest BCUT2D eigenvalue weighted by molar-refractivity contribution is 5.98. The number of aliphatic imine (C=N–C) groups is 1. The van der Waals surface area contributed by atoms with E-state index in [2.05, 4.69) is 54.3 Å². The average molecular weight is 378 g/mol. The van der Waals surface area contributed by atoms with Crippen molar-refractivity contribution in [2.45, 2.75) is 52.0 Å². The number of allylic oxidation sites excluding steroid dienone is 1. The molecule has 148 valence electrons. The van der Waals surface area contributed by atoms with Crippen LogP contribution in [-0.4, -0.2) is 36.2 Å². The summed E-state index contributed by atoms with van der Waals surface area (Å²) in [5.74, 6) is 2.72. The summed E-state index contributed by atoms with van der Waals surface area (Å²) in [6.45, 7) is 13.7. The Morgan fingerprint density at radius 1 is 1.14 bits per heavy atom. The van der Waals surface area contributed by atoms with Crippen LogP contribution in [0, 0.1) is 11.8 Å². The molecule has 28 heavy (non-hydrogen) atoms. The van der Waals surface area contributed by atoms with Crippen LogP contribution in [-0.2, 0) is 4.79 Å². The zero-order chi connectivity index (χ0) is 20.1. The molecule has 2 atom stereocenters. The fourth-order valence-electron chi connectivity index (χ4n) is 4.74. The standard InChI is InChI=1S/C24H31N3O/c1-15(2)20(16(3)22(25-5)26-24(4)11-12-24)23(28)27-13-18-19(14-27)21(18)17-9-7-6-8-10-17/h6-10,18-19,21,26H,5,11-14H2,1-4H3/b22-16-. The first-order valence-corrected chi connectivity index (χ1v) is 10.3. The number of hydrogen-bond donors (Lipinski definition) is 1. The summed E-state index contributed by atoms with van der Waals surface area (Å²) < 4.78 is 0. The maximum Gasteiger partial charge on any atom is 0.254 e. The van der Waals surface area contributed by atoms with Crippen molar-refractivity contribution in [2.75, 3.05) is 13.1 Å². The SMILES string of the molecule is C=N/C(NC1(C)CC1)=C(\C)C(C(=O)N1CC2C(C1)C2c1ccccc1)=C(C)C. The second-order valence-electron chi connectivity index (χ2n) is 9.17. The van der Waals surface area contributed by atoms with Gasteiger partial charge >= 0.3 is 0 Å². The van der Waals surface area contributed by atoms with Gasteiger partial charge in [-0.05, 0) is 70.6 Å². The van der Waals surface area contributed by atoms with Crippen LogP contribution in [0.4, 0.5) is 0 Å². The van der Waals surface area contributed by atoms with Crippen LogP contribution in [0.1, 0.15) is 52.0 Å². The van der Waals surface area contributed by atoms with E-state index >= 15 is 0 Å². The number of hydrogen-bond acceptors (Lipinski definition) is 3. The smallest absolute Gasteiger partial charge is 0.254 e.